The second-order valence-corrected chi connectivity index (χ2v) is 6.60. The fourth-order valence-electron chi connectivity index (χ4n) is 2.86. The molecule has 0 bridgehead atoms. The average molecular weight is 326 g/mol. The van der Waals surface area contributed by atoms with Gasteiger partial charge in [-0.1, -0.05) is 29.8 Å². The smallest absolute Gasteiger partial charge is 0.125 e. The molecule has 1 heterocycles. The van der Waals surface area contributed by atoms with Gasteiger partial charge in [-0.05, 0) is 55.5 Å². The predicted octanol–water partition coefficient (Wildman–Crippen LogP) is 3.95. The van der Waals surface area contributed by atoms with Crippen LogP contribution in [0.5, 0.6) is 5.75 Å². The minimum Gasteiger partial charge on any atom is -0.493 e. The summed E-state index contributed by atoms with van der Waals surface area (Å²) < 4.78 is 6.96. The molecule has 1 aliphatic heterocycles. The van der Waals surface area contributed by atoms with E-state index >= 15 is 0 Å². The van der Waals surface area contributed by atoms with Gasteiger partial charge in [-0.25, -0.2) is 0 Å². The minimum atomic E-state index is 0.612. The molecule has 1 N–H and O–H groups in total. The van der Waals surface area contributed by atoms with Crippen molar-refractivity contribution in [3.05, 3.63) is 27.7 Å². The van der Waals surface area contributed by atoms with Crippen LogP contribution in [0, 0.1) is 5.92 Å². The summed E-state index contributed by atoms with van der Waals surface area (Å²) >= 11 is 3.61. The number of ether oxygens (including phenoxy) is 1. The normalized spacial score (nSPS) is 15.4. The van der Waals surface area contributed by atoms with Crippen LogP contribution < -0.4 is 10.1 Å². The van der Waals surface area contributed by atoms with Crippen LogP contribution in [-0.4, -0.2) is 19.7 Å². The van der Waals surface area contributed by atoms with Gasteiger partial charge in [-0.3, -0.25) is 0 Å². The van der Waals surface area contributed by atoms with E-state index in [4.69, 9.17) is 4.74 Å². The van der Waals surface area contributed by atoms with Crippen LogP contribution in [0.3, 0.4) is 0 Å². The van der Waals surface area contributed by atoms with Gasteiger partial charge < -0.3 is 10.1 Å². The quantitative estimate of drug-likeness (QED) is 0.855. The number of nitrogens with one attached hydrogen (secondary N) is 1. The first kappa shape index (κ1) is 14.9. The van der Waals surface area contributed by atoms with E-state index < -0.39 is 0 Å². The van der Waals surface area contributed by atoms with Gasteiger partial charge in [-0.15, -0.1) is 0 Å². The van der Waals surface area contributed by atoms with E-state index in [0.717, 1.165) is 25.2 Å². The SMILES string of the molecule is CNC(CCCc1cc(Br)cc2c1OCC2)C(C)C. The summed E-state index contributed by atoms with van der Waals surface area (Å²) in [4.78, 5) is 0. The molecule has 3 heteroatoms. The Morgan fingerprint density at radius 3 is 2.84 bits per heavy atom. The molecule has 1 aromatic rings. The van der Waals surface area contributed by atoms with Gasteiger partial charge in [0.25, 0.3) is 0 Å². The van der Waals surface area contributed by atoms with Crippen molar-refractivity contribution >= 4 is 15.9 Å². The van der Waals surface area contributed by atoms with Gasteiger partial charge in [0.05, 0.1) is 6.61 Å². The molecule has 2 nitrogen and oxygen atoms in total. The van der Waals surface area contributed by atoms with Crippen molar-refractivity contribution in [3.63, 3.8) is 0 Å². The number of halogens is 1. The fourth-order valence-corrected chi connectivity index (χ4v) is 3.41. The van der Waals surface area contributed by atoms with Gasteiger partial charge in [0.2, 0.25) is 0 Å². The van der Waals surface area contributed by atoms with Crippen LogP contribution in [0.1, 0.15) is 37.8 Å². The fraction of sp³-hybridized carbons (Fsp3) is 0.625. The second-order valence-electron chi connectivity index (χ2n) is 5.68. The van der Waals surface area contributed by atoms with Gasteiger partial charge >= 0.3 is 0 Å². The number of aryl methyl sites for hydroxylation is 1. The Bertz CT molecular complexity index is 431. The third kappa shape index (κ3) is 3.73. The molecule has 1 atom stereocenters. The zero-order valence-electron chi connectivity index (χ0n) is 12.1. The number of benzene rings is 1. The third-order valence-corrected chi connectivity index (χ3v) is 4.42. The maximum absolute atomic E-state index is 5.78. The Labute approximate surface area is 125 Å². The van der Waals surface area contributed by atoms with Gasteiger partial charge in [-0.2, -0.15) is 0 Å². The highest BCUT2D eigenvalue weighted by Gasteiger charge is 2.18. The molecule has 19 heavy (non-hydrogen) atoms. The topological polar surface area (TPSA) is 21.3 Å². The maximum atomic E-state index is 5.78. The van der Waals surface area contributed by atoms with Crippen molar-refractivity contribution in [2.24, 2.45) is 5.92 Å². The van der Waals surface area contributed by atoms with Crippen LogP contribution in [0.4, 0.5) is 0 Å². The average Bonchev–Trinajstić information content (AvgIpc) is 2.81. The van der Waals surface area contributed by atoms with Crippen LogP contribution in [0.25, 0.3) is 0 Å². The number of hydrogen-bond donors (Lipinski definition) is 1. The molecule has 1 aliphatic rings. The largest absolute Gasteiger partial charge is 0.493 e. The summed E-state index contributed by atoms with van der Waals surface area (Å²) in [6.07, 6.45) is 4.57. The highest BCUT2D eigenvalue weighted by Crippen LogP contribution is 2.34. The van der Waals surface area contributed by atoms with Gasteiger partial charge in [0, 0.05) is 16.9 Å². The van der Waals surface area contributed by atoms with Crippen molar-refractivity contribution in [1.29, 1.82) is 0 Å². The standard InChI is InChI=1S/C16H24BrNO/c1-11(2)15(18-3)6-4-5-12-9-14(17)10-13-7-8-19-16(12)13/h9-11,15,18H,4-8H2,1-3H3. The Kier molecular flexibility index (Phi) is 5.28. The van der Waals surface area contributed by atoms with E-state index in [1.54, 1.807) is 0 Å². The summed E-state index contributed by atoms with van der Waals surface area (Å²) in [5, 5.41) is 3.41. The highest BCUT2D eigenvalue weighted by atomic mass is 79.9. The predicted molar refractivity (Wildman–Crippen MR) is 84.0 cm³/mol. The van der Waals surface area contributed by atoms with E-state index in [0.29, 0.717) is 12.0 Å². The molecule has 1 aromatic carbocycles. The zero-order valence-corrected chi connectivity index (χ0v) is 13.7. The minimum absolute atomic E-state index is 0.612. The summed E-state index contributed by atoms with van der Waals surface area (Å²) in [6.45, 7) is 5.39. The van der Waals surface area contributed by atoms with Crippen LogP contribution in [0.15, 0.2) is 16.6 Å². The number of fused-ring (bicyclic) bond motifs is 1. The lowest BCUT2D eigenvalue weighted by Gasteiger charge is -2.20. The molecular weight excluding hydrogens is 302 g/mol. The first-order valence-corrected chi connectivity index (χ1v) is 8.02. The molecule has 2 rings (SSSR count). The molecule has 0 spiro atoms. The monoisotopic (exact) mass is 325 g/mol. The first-order valence-electron chi connectivity index (χ1n) is 7.23. The van der Waals surface area contributed by atoms with Crippen molar-refractivity contribution in [3.8, 4) is 5.75 Å². The molecule has 0 saturated heterocycles. The number of rotatable bonds is 6. The number of hydrogen-bond acceptors (Lipinski definition) is 2. The maximum Gasteiger partial charge on any atom is 0.125 e. The Morgan fingerprint density at radius 1 is 1.37 bits per heavy atom. The van der Waals surface area contributed by atoms with E-state index in [1.165, 1.54) is 28.4 Å². The molecule has 106 valence electrons. The second kappa shape index (κ2) is 6.76. The summed E-state index contributed by atoms with van der Waals surface area (Å²) in [7, 11) is 2.06. The van der Waals surface area contributed by atoms with Gasteiger partial charge in [0.15, 0.2) is 0 Å². The molecule has 0 saturated carbocycles. The summed E-state index contributed by atoms with van der Waals surface area (Å²) in [5.74, 6) is 1.84. The van der Waals surface area contributed by atoms with Crippen molar-refractivity contribution < 1.29 is 4.74 Å². The Balaban J connectivity index is 1.97. The summed E-state index contributed by atoms with van der Waals surface area (Å²) in [6, 6.07) is 5.02. The molecule has 1 unspecified atom stereocenters. The molecule has 0 aliphatic carbocycles. The molecule has 0 aromatic heterocycles. The van der Waals surface area contributed by atoms with E-state index in [1.807, 2.05) is 0 Å². The summed E-state index contributed by atoms with van der Waals surface area (Å²) in [5.41, 5.74) is 2.72. The Morgan fingerprint density at radius 2 is 2.16 bits per heavy atom. The van der Waals surface area contributed by atoms with Crippen molar-refractivity contribution in [2.45, 2.75) is 45.6 Å². The van der Waals surface area contributed by atoms with E-state index in [-0.39, 0.29) is 0 Å². The highest BCUT2D eigenvalue weighted by molar-refractivity contribution is 9.10. The van der Waals surface area contributed by atoms with Crippen LogP contribution in [-0.2, 0) is 12.8 Å². The Hall–Kier alpha value is -0.540. The van der Waals surface area contributed by atoms with Gasteiger partial charge in [0.1, 0.15) is 5.75 Å². The zero-order chi connectivity index (χ0) is 13.8. The molecule has 0 radical (unpaired) electrons. The molecular formula is C16H24BrNO. The third-order valence-electron chi connectivity index (χ3n) is 3.96. The van der Waals surface area contributed by atoms with Crippen molar-refractivity contribution in [2.75, 3.05) is 13.7 Å². The first-order chi connectivity index (χ1) is 9.11. The van der Waals surface area contributed by atoms with E-state index in [9.17, 15) is 0 Å². The van der Waals surface area contributed by atoms with Crippen molar-refractivity contribution in [1.82, 2.24) is 5.32 Å². The molecule has 0 fully saturated rings. The molecule has 0 amide bonds. The van der Waals surface area contributed by atoms with E-state index in [2.05, 4.69) is 54.3 Å². The lowest BCUT2D eigenvalue weighted by atomic mass is 9.96. The lowest BCUT2D eigenvalue weighted by molar-refractivity contribution is 0.351. The van der Waals surface area contributed by atoms with Crippen LogP contribution in [0.2, 0.25) is 0 Å². The lowest BCUT2D eigenvalue weighted by Crippen LogP contribution is -2.30. The van der Waals surface area contributed by atoms with Crippen LogP contribution >= 0.6 is 15.9 Å².